The minimum atomic E-state index is -3.09. The van der Waals surface area contributed by atoms with E-state index in [4.69, 9.17) is 4.42 Å². The standard InChI is InChI=1S/C18H21FN4O5S2/c1-2-23(9-15(24)20-14-7-8-30(26,27)11-14)16(25)10-29-18-22-21-17(28-18)12-3-5-13(19)6-4-12/h3-6,14H,2,7-11H2,1H3,(H,20,24)/t14-/m1/s1. The van der Waals surface area contributed by atoms with E-state index in [9.17, 15) is 22.4 Å². The molecule has 3 rings (SSSR count). The van der Waals surface area contributed by atoms with E-state index in [1.54, 1.807) is 6.92 Å². The summed E-state index contributed by atoms with van der Waals surface area (Å²) < 4.78 is 41.4. The summed E-state index contributed by atoms with van der Waals surface area (Å²) in [6, 6.07) is 5.17. The topological polar surface area (TPSA) is 122 Å². The molecule has 1 fully saturated rings. The van der Waals surface area contributed by atoms with Crippen molar-refractivity contribution in [1.29, 1.82) is 0 Å². The summed E-state index contributed by atoms with van der Waals surface area (Å²) in [6.45, 7) is 1.91. The molecule has 1 aromatic heterocycles. The second-order valence-corrected chi connectivity index (χ2v) is 9.90. The van der Waals surface area contributed by atoms with Gasteiger partial charge >= 0.3 is 0 Å². The molecule has 0 spiro atoms. The van der Waals surface area contributed by atoms with Crippen LogP contribution in [0, 0.1) is 5.82 Å². The number of amides is 2. The normalized spacial score (nSPS) is 17.6. The average Bonchev–Trinajstić information content (AvgIpc) is 3.31. The summed E-state index contributed by atoms with van der Waals surface area (Å²) >= 11 is 1.03. The fraction of sp³-hybridized carbons (Fsp3) is 0.444. The Balaban J connectivity index is 1.49. The van der Waals surface area contributed by atoms with Crippen molar-refractivity contribution in [2.45, 2.75) is 24.6 Å². The molecule has 2 heterocycles. The number of hydrogen-bond donors (Lipinski definition) is 1. The second-order valence-electron chi connectivity index (χ2n) is 6.74. The molecule has 2 amide bonds. The third-order valence-corrected chi connectivity index (χ3v) is 7.05. The molecule has 0 saturated carbocycles. The van der Waals surface area contributed by atoms with Gasteiger partial charge in [-0.15, -0.1) is 10.2 Å². The molecule has 1 saturated heterocycles. The first-order valence-electron chi connectivity index (χ1n) is 9.25. The summed E-state index contributed by atoms with van der Waals surface area (Å²) in [6.07, 6.45) is 0.386. The second kappa shape index (κ2) is 9.56. The van der Waals surface area contributed by atoms with Gasteiger partial charge in [0.2, 0.25) is 17.7 Å². The average molecular weight is 457 g/mol. The van der Waals surface area contributed by atoms with Crippen LogP contribution in [0.5, 0.6) is 0 Å². The maximum atomic E-state index is 13.0. The Bertz CT molecular complexity index is 1010. The van der Waals surface area contributed by atoms with E-state index >= 15 is 0 Å². The van der Waals surface area contributed by atoms with E-state index in [2.05, 4.69) is 15.5 Å². The molecule has 30 heavy (non-hydrogen) atoms. The highest BCUT2D eigenvalue weighted by Gasteiger charge is 2.29. The van der Waals surface area contributed by atoms with Gasteiger partial charge in [0, 0.05) is 18.2 Å². The number of likely N-dealkylation sites (N-methyl/N-ethyl adjacent to an activating group) is 1. The molecule has 0 radical (unpaired) electrons. The van der Waals surface area contributed by atoms with Crippen LogP contribution in [0.2, 0.25) is 0 Å². The highest BCUT2D eigenvalue weighted by Crippen LogP contribution is 2.23. The fourth-order valence-electron chi connectivity index (χ4n) is 2.92. The number of thioether (sulfide) groups is 1. The van der Waals surface area contributed by atoms with Crippen LogP contribution < -0.4 is 5.32 Å². The van der Waals surface area contributed by atoms with Crippen LogP contribution in [-0.2, 0) is 19.4 Å². The molecule has 1 N–H and O–H groups in total. The van der Waals surface area contributed by atoms with Gasteiger partial charge in [-0.05, 0) is 37.6 Å². The Kier molecular flexibility index (Phi) is 7.08. The van der Waals surface area contributed by atoms with Gasteiger partial charge in [-0.2, -0.15) is 0 Å². The number of sulfone groups is 1. The lowest BCUT2D eigenvalue weighted by molar-refractivity contribution is -0.134. The first-order valence-corrected chi connectivity index (χ1v) is 12.1. The number of benzene rings is 1. The molecule has 0 bridgehead atoms. The van der Waals surface area contributed by atoms with Crippen LogP contribution >= 0.6 is 11.8 Å². The number of carbonyl (C=O) groups is 2. The summed E-state index contributed by atoms with van der Waals surface area (Å²) in [4.78, 5) is 26.0. The first kappa shape index (κ1) is 22.2. The molecular formula is C18H21FN4O5S2. The minimum absolute atomic E-state index is 0.00994. The van der Waals surface area contributed by atoms with Gasteiger partial charge in [0.1, 0.15) is 5.82 Å². The van der Waals surface area contributed by atoms with Gasteiger partial charge in [-0.25, -0.2) is 12.8 Å². The van der Waals surface area contributed by atoms with E-state index in [1.165, 1.54) is 29.2 Å². The third kappa shape index (κ3) is 6.02. The van der Waals surface area contributed by atoms with E-state index in [0.717, 1.165) is 11.8 Å². The van der Waals surface area contributed by atoms with Crippen molar-refractivity contribution in [2.75, 3.05) is 30.3 Å². The van der Waals surface area contributed by atoms with Gasteiger partial charge in [0.15, 0.2) is 9.84 Å². The van der Waals surface area contributed by atoms with Crippen molar-refractivity contribution in [3.8, 4) is 11.5 Å². The molecule has 1 atom stereocenters. The molecule has 0 unspecified atom stereocenters. The zero-order chi connectivity index (χ0) is 21.7. The third-order valence-electron chi connectivity index (χ3n) is 4.48. The van der Waals surface area contributed by atoms with Crippen LogP contribution in [0.1, 0.15) is 13.3 Å². The molecule has 1 aromatic carbocycles. The number of rotatable bonds is 8. The van der Waals surface area contributed by atoms with Crippen LogP contribution in [-0.4, -0.2) is 71.7 Å². The maximum Gasteiger partial charge on any atom is 0.277 e. The Morgan fingerprint density at radius 1 is 1.30 bits per heavy atom. The predicted molar refractivity (Wildman–Crippen MR) is 108 cm³/mol. The zero-order valence-electron chi connectivity index (χ0n) is 16.2. The molecule has 162 valence electrons. The highest BCUT2D eigenvalue weighted by atomic mass is 32.2. The van der Waals surface area contributed by atoms with Crippen LogP contribution in [0.3, 0.4) is 0 Å². The lowest BCUT2D eigenvalue weighted by Crippen LogP contribution is -2.45. The first-order chi connectivity index (χ1) is 14.3. The van der Waals surface area contributed by atoms with Crippen molar-refractivity contribution >= 4 is 33.4 Å². The number of nitrogens with zero attached hydrogens (tertiary/aromatic N) is 3. The van der Waals surface area contributed by atoms with E-state index in [-0.39, 0.29) is 46.6 Å². The number of nitrogens with one attached hydrogen (secondary N) is 1. The molecule has 0 aliphatic carbocycles. The van der Waals surface area contributed by atoms with Crippen LogP contribution in [0.4, 0.5) is 4.39 Å². The van der Waals surface area contributed by atoms with Crippen LogP contribution in [0.25, 0.3) is 11.5 Å². The van der Waals surface area contributed by atoms with Crippen molar-refractivity contribution < 1.29 is 26.8 Å². The van der Waals surface area contributed by atoms with E-state index in [1.807, 2.05) is 0 Å². The SMILES string of the molecule is CCN(CC(=O)N[C@@H]1CCS(=O)(=O)C1)C(=O)CSc1nnc(-c2ccc(F)cc2)o1. The van der Waals surface area contributed by atoms with Crippen LogP contribution in [0.15, 0.2) is 33.9 Å². The van der Waals surface area contributed by atoms with Gasteiger partial charge in [-0.1, -0.05) is 11.8 Å². The summed E-state index contributed by atoms with van der Waals surface area (Å²) in [7, 11) is -3.09. The van der Waals surface area contributed by atoms with E-state index in [0.29, 0.717) is 18.5 Å². The monoisotopic (exact) mass is 456 g/mol. The minimum Gasteiger partial charge on any atom is -0.411 e. The number of hydrogen-bond acceptors (Lipinski definition) is 8. The summed E-state index contributed by atoms with van der Waals surface area (Å²) in [5, 5.41) is 10.6. The van der Waals surface area contributed by atoms with Gasteiger partial charge < -0.3 is 14.6 Å². The van der Waals surface area contributed by atoms with Crippen molar-refractivity contribution in [3.05, 3.63) is 30.1 Å². The molecule has 2 aromatic rings. The Morgan fingerprint density at radius 3 is 2.67 bits per heavy atom. The predicted octanol–water partition coefficient (Wildman–Crippen LogP) is 1.12. The molecule has 1 aliphatic rings. The van der Waals surface area contributed by atoms with Gasteiger partial charge in [0.25, 0.3) is 5.22 Å². The molecular weight excluding hydrogens is 435 g/mol. The van der Waals surface area contributed by atoms with Crippen molar-refractivity contribution in [2.24, 2.45) is 0 Å². The molecule has 1 aliphatic heterocycles. The lowest BCUT2D eigenvalue weighted by Gasteiger charge is -2.21. The van der Waals surface area contributed by atoms with E-state index < -0.39 is 21.8 Å². The quantitative estimate of drug-likeness (QED) is 0.587. The summed E-state index contributed by atoms with van der Waals surface area (Å²) in [5.74, 6) is -0.867. The number of carbonyl (C=O) groups excluding carboxylic acids is 2. The van der Waals surface area contributed by atoms with Gasteiger partial charge in [-0.3, -0.25) is 9.59 Å². The number of halogens is 1. The maximum absolute atomic E-state index is 13.0. The summed E-state index contributed by atoms with van der Waals surface area (Å²) in [5.41, 5.74) is 0.558. The lowest BCUT2D eigenvalue weighted by atomic mass is 10.2. The highest BCUT2D eigenvalue weighted by molar-refractivity contribution is 7.99. The molecule has 12 heteroatoms. The zero-order valence-corrected chi connectivity index (χ0v) is 17.8. The van der Waals surface area contributed by atoms with Crippen molar-refractivity contribution in [1.82, 2.24) is 20.4 Å². The smallest absolute Gasteiger partial charge is 0.277 e. The molecule has 9 nitrogen and oxygen atoms in total. The van der Waals surface area contributed by atoms with Crippen molar-refractivity contribution in [3.63, 3.8) is 0 Å². The Morgan fingerprint density at radius 2 is 2.03 bits per heavy atom. The largest absolute Gasteiger partial charge is 0.411 e. The Labute approximate surface area is 177 Å². The van der Waals surface area contributed by atoms with Gasteiger partial charge in [0.05, 0.1) is 23.8 Å². The fourth-order valence-corrected chi connectivity index (χ4v) is 5.26. The number of aromatic nitrogens is 2. The Hall–Kier alpha value is -2.47.